The molecule has 3 aromatic rings. The number of alkyl halides is 6. The van der Waals surface area contributed by atoms with E-state index in [1.807, 2.05) is 0 Å². The normalized spacial score (nSPS) is 16.3. The van der Waals surface area contributed by atoms with E-state index in [2.05, 4.69) is 10.3 Å². The molecule has 0 saturated heterocycles. The zero-order valence-corrected chi connectivity index (χ0v) is 25.5. The number of hydrogen-bond acceptors (Lipinski definition) is 6. The van der Waals surface area contributed by atoms with Crippen molar-refractivity contribution in [3.8, 4) is 17.2 Å². The summed E-state index contributed by atoms with van der Waals surface area (Å²) in [4.78, 5) is 19.3. The number of allylic oxidation sites excluding steroid dienone is 1. The maximum atomic E-state index is 13.7. The molecule has 0 saturated carbocycles. The summed E-state index contributed by atoms with van der Waals surface area (Å²) < 4.78 is 103. The van der Waals surface area contributed by atoms with Gasteiger partial charge in [-0.05, 0) is 60.0 Å². The summed E-state index contributed by atoms with van der Waals surface area (Å²) in [6.45, 7) is 1.32. The molecule has 1 aliphatic heterocycles. The third kappa shape index (κ3) is 7.32. The number of benzene rings is 3. The predicted octanol–water partition coefficient (Wildman–Crippen LogP) is 6.90. The van der Waals surface area contributed by atoms with Crippen LogP contribution in [0.3, 0.4) is 0 Å². The van der Waals surface area contributed by atoms with Crippen LogP contribution in [-0.2, 0) is 35.0 Å². The minimum atomic E-state index is -4.66. The molecule has 0 radical (unpaired) electrons. The van der Waals surface area contributed by atoms with Gasteiger partial charge in [-0.15, -0.1) is 0 Å². The van der Waals surface area contributed by atoms with E-state index in [1.54, 1.807) is 12.1 Å². The summed E-state index contributed by atoms with van der Waals surface area (Å²) in [6, 6.07) is 11.2. The highest BCUT2D eigenvalue weighted by Crippen LogP contribution is 2.39. The summed E-state index contributed by atoms with van der Waals surface area (Å²) in [5, 5.41) is 3.05. The number of hydrogen-bond donors (Lipinski definition) is 1. The average Bonchev–Trinajstić information content (AvgIpc) is 3.03. The first-order valence-corrected chi connectivity index (χ1v) is 13.7. The average molecular weight is 652 g/mol. The van der Waals surface area contributed by atoms with Crippen LogP contribution >= 0.6 is 0 Å². The number of halogens is 6. The summed E-state index contributed by atoms with van der Waals surface area (Å²) in [6.07, 6.45) is -9.26. The van der Waals surface area contributed by atoms with Crippen molar-refractivity contribution < 1.29 is 50.1 Å². The number of carbonyl (C=O) groups is 1. The number of methoxy groups -OCH3 is 4. The molecule has 4 rings (SSSR count). The Morgan fingerprint density at radius 3 is 1.96 bits per heavy atom. The lowest BCUT2D eigenvalue weighted by molar-refractivity contribution is -0.138. The van der Waals surface area contributed by atoms with Gasteiger partial charge in [0.05, 0.1) is 64.3 Å². The van der Waals surface area contributed by atoms with E-state index in [9.17, 15) is 31.1 Å². The fraction of sp³-hybridized carbons (Fsp3) is 0.312. The molecule has 0 aromatic heterocycles. The number of ether oxygens (including phenoxy) is 4. The van der Waals surface area contributed by atoms with Crippen LogP contribution in [0.15, 0.2) is 76.9 Å². The number of guanidine groups is 1. The van der Waals surface area contributed by atoms with Crippen LogP contribution in [0.25, 0.3) is 0 Å². The van der Waals surface area contributed by atoms with Crippen molar-refractivity contribution in [1.82, 2.24) is 10.2 Å². The highest BCUT2D eigenvalue weighted by atomic mass is 19.4. The molecule has 14 heteroatoms. The topological polar surface area (TPSA) is 81.6 Å². The Morgan fingerprint density at radius 2 is 1.41 bits per heavy atom. The van der Waals surface area contributed by atoms with Crippen LogP contribution in [-0.4, -0.2) is 45.3 Å². The van der Waals surface area contributed by atoms with Crippen molar-refractivity contribution in [2.45, 2.75) is 38.4 Å². The van der Waals surface area contributed by atoms with Crippen LogP contribution in [0.1, 0.15) is 40.8 Å². The van der Waals surface area contributed by atoms with E-state index in [-0.39, 0.29) is 41.4 Å². The van der Waals surface area contributed by atoms with E-state index < -0.39 is 35.5 Å². The minimum Gasteiger partial charge on any atom is -0.493 e. The third-order valence-corrected chi connectivity index (χ3v) is 7.30. The monoisotopic (exact) mass is 651 g/mol. The van der Waals surface area contributed by atoms with E-state index in [0.717, 1.165) is 31.4 Å². The molecule has 1 N–H and O–H groups in total. The first kappa shape index (κ1) is 34.0. The number of rotatable bonds is 9. The Bertz CT molecular complexity index is 1630. The Balaban J connectivity index is 1.88. The maximum Gasteiger partial charge on any atom is 0.416 e. The number of nitrogens with zero attached hydrogens (tertiary/aromatic N) is 2. The lowest BCUT2D eigenvalue weighted by Gasteiger charge is -2.38. The van der Waals surface area contributed by atoms with Gasteiger partial charge in [-0.3, -0.25) is 0 Å². The number of nitrogens with one attached hydrogen (secondary N) is 1. The minimum absolute atomic E-state index is 0.0334. The summed E-state index contributed by atoms with van der Waals surface area (Å²) >= 11 is 0. The summed E-state index contributed by atoms with van der Waals surface area (Å²) in [5.74, 6) is 0.277. The quantitative estimate of drug-likeness (QED) is 0.199. The molecular weight excluding hydrogens is 620 g/mol. The molecule has 0 spiro atoms. The van der Waals surface area contributed by atoms with E-state index >= 15 is 0 Å². The van der Waals surface area contributed by atoms with Crippen molar-refractivity contribution in [1.29, 1.82) is 0 Å². The van der Waals surface area contributed by atoms with Crippen molar-refractivity contribution in [2.75, 3.05) is 28.4 Å². The largest absolute Gasteiger partial charge is 0.493 e. The van der Waals surface area contributed by atoms with Crippen LogP contribution in [0, 0.1) is 0 Å². The molecular formula is C32H31F6N3O5. The first-order valence-electron chi connectivity index (χ1n) is 13.7. The molecule has 1 heterocycles. The van der Waals surface area contributed by atoms with Gasteiger partial charge in [0, 0.05) is 5.70 Å². The van der Waals surface area contributed by atoms with Gasteiger partial charge in [-0.2, -0.15) is 26.3 Å². The molecule has 8 nitrogen and oxygen atoms in total. The van der Waals surface area contributed by atoms with E-state index in [4.69, 9.17) is 18.9 Å². The number of aliphatic imine (C=N–C) groups is 1. The highest BCUT2D eigenvalue weighted by Gasteiger charge is 2.38. The summed E-state index contributed by atoms with van der Waals surface area (Å²) in [5.41, 5.74) is -0.723. The second-order valence-electron chi connectivity index (χ2n) is 10.1. The fourth-order valence-corrected chi connectivity index (χ4v) is 5.06. The Kier molecular flexibility index (Phi) is 10.1. The van der Waals surface area contributed by atoms with Crippen LogP contribution in [0.5, 0.6) is 17.2 Å². The molecule has 0 fully saturated rings. The molecule has 1 unspecified atom stereocenters. The number of carbonyl (C=O) groups excluding carboxylic acids is 1. The van der Waals surface area contributed by atoms with E-state index in [0.29, 0.717) is 22.8 Å². The maximum absolute atomic E-state index is 13.7. The first-order chi connectivity index (χ1) is 21.7. The Morgan fingerprint density at radius 1 is 0.826 bits per heavy atom. The molecule has 246 valence electrons. The van der Waals surface area contributed by atoms with Crippen LogP contribution in [0.2, 0.25) is 0 Å². The van der Waals surface area contributed by atoms with Gasteiger partial charge in [-0.1, -0.05) is 24.3 Å². The molecule has 1 atom stereocenters. The Hall–Kier alpha value is -4.88. The highest BCUT2D eigenvalue weighted by molar-refractivity contribution is 5.96. The molecule has 0 aliphatic carbocycles. The smallest absolute Gasteiger partial charge is 0.416 e. The number of esters is 1. The second kappa shape index (κ2) is 13.6. The summed E-state index contributed by atoms with van der Waals surface area (Å²) in [7, 11) is 5.44. The fourth-order valence-electron chi connectivity index (χ4n) is 5.06. The SMILES string of the molecule is COC(=O)C1=C(C)N(Cc2cccc(C(F)(F)F)c2)C(=NCc2cc(OC)c(OC)c(OC)c2)NC1c1cccc(C(F)(F)F)c1. The molecule has 0 amide bonds. The molecule has 46 heavy (non-hydrogen) atoms. The molecule has 3 aromatic carbocycles. The van der Waals surface area contributed by atoms with Crippen molar-refractivity contribution in [3.63, 3.8) is 0 Å². The standard InChI is InChI=1S/C32H31F6N3O5/c1-18-26(29(42)46-5)27(21-9-7-11-23(15-21)32(36,37)38)40-30(41(18)17-19-8-6-10-22(12-19)31(33,34)35)39-16-20-13-24(43-2)28(45-4)25(14-20)44-3/h6-15,27H,16-17H2,1-5H3,(H,39,40). The van der Waals surface area contributed by atoms with Crippen LogP contribution < -0.4 is 19.5 Å². The van der Waals surface area contributed by atoms with Gasteiger partial charge in [0.1, 0.15) is 0 Å². The van der Waals surface area contributed by atoms with Crippen molar-refractivity contribution >= 4 is 11.9 Å². The predicted molar refractivity (Wildman–Crippen MR) is 156 cm³/mol. The second-order valence-corrected chi connectivity index (χ2v) is 10.1. The zero-order chi connectivity index (χ0) is 33.8. The van der Waals surface area contributed by atoms with Crippen molar-refractivity contribution in [3.05, 3.63) is 99.8 Å². The molecule has 0 bridgehead atoms. The molecule has 1 aliphatic rings. The Labute approximate surface area is 261 Å². The van der Waals surface area contributed by atoms with Gasteiger partial charge >= 0.3 is 18.3 Å². The van der Waals surface area contributed by atoms with Gasteiger partial charge < -0.3 is 29.2 Å². The van der Waals surface area contributed by atoms with Gasteiger partial charge in [-0.25, -0.2) is 9.79 Å². The van der Waals surface area contributed by atoms with Crippen molar-refractivity contribution in [2.24, 2.45) is 4.99 Å². The van der Waals surface area contributed by atoms with Gasteiger partial charge in [0.25, 0.3) is 0 Å². The lowest BCUT2D eigenvalue weighted by Crippen LogP contribution is -2.48. The van der Waals surface area contributed by atoms with Gasteiger partial charge in [0.15, 0.2) is 17.5 Å². The van der Waals surface area contributed by atoms with E-state index in [1.165, 1.54) is 57.4 Å². The third-order valence-electron chi connectivity index (χ3n) is 7.30. The lowest BCUT2D eigenvalue weighted by atomic mass is 9.93. The van der Waals surface area contributed by atoms with Crippen LogP contribution in [0.4, 0.5) is 26.3 Å². The zero-order valence-electron chi connectivity index (χ0n) is 25.5. The van der Waals surface area contributed by atoms with Gasteiger partial charge in [0.2, 0.25) is 5.75 Å².